The van der Waals surface area contributed by atoms with Crippen molar-refractivity contribution in [3.05, 3.63) is 35.4 Å². The average Bonchev–Trinajstić information content (AvgIpc) is 2.71. The highest BCUT2D eigenvalue weighted by Crippen LogP contribution is 2.09. The Kier molecular flexibility index (Phi) is 3.02. The second-order valence-corrected chi connectivity index (χ2v) is 3.95. The van der Waals surface area contributed by atoms with Gasteiger partial charge in [-0.2, -0.15) is 0 Å². The van der Waals surface area contributed by atoms with Crippen LogP contribution < -0.4 is 5.43 Å². The van der Waals surface area contributed by atoms with Crippen molar-refractivity contribution in [2.75, 3.05) is 13.1 Å². The standard InChI is InChI=1S/C12H16N2O/c1-10-6-2-3-7-11(10)12(15)13-14-8-4-5-9-14/h2-3,6-7H,4-5,8-9H2,1H3,(H,13,15). The maximum absolute atomic E-state index is 11.9. The van der Waals surface area contributed by atoms with Gasteiger partial charge in [-0.1, -0.05) is 18.2 Å². The predicted molar refractivity (Wildman–Crippen MR) is 59.5 cm³/mol. The molecule has 0 aromatic heterocycles. The van der Waals surface area contributed by atoms with Crippen LogP contribution in [0.3, 0.4) is 0 Å². The van der Waals surface area contributed by atoms with Crippen LogP contribution >= 0.6 is 0 Å². The van der Waals surface area contributed by atoms with Crippen LogP contribution in [0.15, 0.2) is 24.3 Å². The van der Waals surface area contributed by atoms with E-state index < -0.39 is 0 Å². The molecule has 15 heavy (non-hydrogen) atoms. The van der Waals surface area contributed by atoms with Crippen LogP contribution in [-0.4, -0.2) is 24.0 Å². The molecule has 1 N–H and O–H groups in total. The molecule has 0 spiro atoms. The molecular weight excluding hydrogens is 188 g/mol. The van der Waals surface area contributed by atoms with Gasteiger partial charge in [0.2, 0.25) is 0 Å². The molecule has 1 aliphatic heterocycles. The number of aryl methyl sites for hydroxylation is 1. The Hall–Kier alpha value is -1.35. The van der Waals surface area contributed by atoms with Gasteiger partial charge in [-0.15, -0.1) is 0 Å². The van der Waals surface area contributed by atoms with Crippen molar-refractivity contribution in [3.63, 3.8) is 0 Å². The molecule has 0 atom stereocenters. The Morgan fingerprint density at radius 1 is 1.27 bits per heavy atom. The van der Waals surface area contributed by atoms with E-state index in [9.17, 15) is 4.79 Å². The van der Waals surface area contributed by atoms with Gasteiger partial charge < -0.3 is 0 Å². The Labute approximate surface area is 90.1 Å². The summed E-state index contributed by atoms with van der Waals surface area (Å²) >= 11 is 0. The minimum Gasteiger partial charge on any atom is -0.285 e. The molecule has 0 aliphatic carbocycles. The number of nitrogens with zero attached hydrogens (tertiary/aromatic N) is 1. The Balaban J connectivity index is 2.04. The number of amides is 1. The largest absolute Gasteiger partial charge is 0.285 e. The molecule has 0 bridgehead atoms. The number of hydrazine groups is 1. The van der Waals surface area contributed by atoms with Crippen LogP contribution in [0.25, 0.3) is 0 Å². The van der Waals surface area contributed by atoms with Gasteiger partial charge >= 0.3 is 0 Å². The first-order valence-corrected chi connectivity index (χ1v) is 5.39. The summed E-state index contributed by atoms with van der Waals surface area (Å²) in [5.41, 5.74) is 4.72. The van der Waals surface area contributed by atoms with Crippen molar-refractivity contribution in [3.8, 4) is 0 Å². The van der Waals surface area contributed by atoms with Crippen LogP contribution in [0.1, 0.15) is 28.8 Å². The van der Waals surface area contributed by atoms with Crippen molar-refractivity contribution in [2.45, 2.75) is 19.8 Å². The summed E-state index contributed by atoms with van der Waals surface area (Å²) in [6.45, 7) is 3.90. The van der Waals surface area contributed by atoms with E-state index in [1.54, 1.807) is 0 Å². The van der Waals surface area contributed by atoms with E-state index in [4.69, 9.17) is 0 Å². The van der Waals surface area contributed by atoms with Gasteiger partial charge in [-0.05, 0) is 31.4 Å². The van der Waals surface area contributed by atoms with Crippen LogP contribution in [0, 0.1) is 6.92 Å². The highest BCUT2D eigenvalue weighted by Gasteiger charge is 2.15. The fourth-order valence-corrected chi connectivity index (χ4v) is 1.86. The van der Waals surface area contributed by atoms with E-state index in [0.717, 1.165) is 24.2 Å². The first kappa shape index (κ1) is 10.2. The summed E-state index contributed by atoms with van der Waals surface area (Å²) in [4.78, 5) is 11.9. The van der Waals surface area contributed by atoms with Crippen molar-refractivity contribution in [1.82, 2.24) is 10.4 Å². The van der Waals surface area contributed by atoms with E-state index >= 15 is 0 Å². The number of nitrogens with one attached hydrogen (secondary N) is 1. The minimum absolute atomic E-state index is 0.00926. The SMILES string of the molecule is Cc1ccccc1C(=O)NN1CCCC1. The molecule has 2 rings (SSSR count). The smallest absolute Gasteiger partial charge is 0.265 e. The van der Waals surface area contributed by atoms with Gasteiger partial charge in [0.15, 0.2) is 0 Å². The molecular formula is C12H16N2O. The highest BCUT2D eigenvalue weighted by atomic mass is 16.2. The minimum atomic E-state index is 0.00926. The molecule has 0 saturated carbocycles. The molecule has 1 saturated heterocycles. The number of carbonyl (C=O) groups excluding carboxylic acids is 1. The second kappa shape index (κ2) is 4.45. The zero-order chi connectivity index (χ0) is 10.7. The number of carbonyl (C=O) groups is 1. The monoisotopic (exact) mass is 204 g/mol. The van der Waals surface area contributed by atoms with Gasteiger partial charge in [0.05, 0.1) is 0 Å². The van der Waals surface area contributed by atoms with Crippen LogP contribution in [-0.2, 0) is 0 Å². The lowest BCUT2D eigenvalue weighted by molar-refractivity contribution is 0.0825. The summed E-state index contributed by atoms with van der Waals surface area (Å²) in [6.07, 6.45) is 2.35. The van der Waals surface area contributed by atoms with Crippen LogP contribution in [0.5, 0.6) is 0 Å². The van der Waals surface area contributed by atoms with Crippen LogP contribution in [0.4, 0.5) is 0 Å². The molecule has 1 aromatic carbocycles. The van der Waals surface area contributed by atoms with Crippen molar-refractivity contribution >= 4 is 5.91 Å². The summed E-state index contributed by atoms with van der Waals surface area (Å²) in [5, 5.41) is 1.99. The predicted octanol–water partition coefficient (Wildman–Crippen LogP) is 1.74. The van der Waals surface area contributed by atoms with E-state index in [2.05, 4.69) is 5.43 Å². The third-order valence-corrected chi connectivity index (χ3v) is 2.76. The molecule has 3 heteroatoms. The molecule has 0 radical (unpaired) electrons. The molecule has 1 amide bonds. The summed E-state index contributed by atoms with van der Waals surface area (Å²) < 4.78 is 0. The number of benzene rings is 1. The molecule has 0 unspecified atom stereocenters. The lowest BCUT2D eigenvalue weighted by Gasteiger charge is -2.16. The van der Waals surface area contributed by atoms with Gasteiger partial charge in [0.25, 0.3) is 5.91 Å². The average molecular weight is 204 g/mol. The van der Waals surface area contributed by atoms with Crippen molar-refractivity contribution < 1.29 is 4.79 Å². The fraction of sp³-hybridized carbons (Fsp3) is 0.417. The van der Waals surface area contributed by atoms with E-state index in [1.165, 1.54) is 12.8 Å². The number of hydrogen-bond acceptors (Lipinski definition) is 2. The molecule has 1 aromatic rings. The maximum atomic E-state index is 11.9. The van der Waals surface area contributed by atoms with Crippen LogP contribution in [0.2, 0.25) is 0 Å². The highest BCUT2D eigenvalue weighted by molar-refractivity contribution is 5.95. The zero-order valence-electron chi connectivity index (χ0n) is 8.99. The summed E-state index contributed by atoms with van der Waals surface area (Å²) in [6, 6.07) is 7.66. The third-order valence-electron chi connectivity index (χ3n) is 2.76. The summed E-state index contributed by atoms with van der Waals surface area (Å²) in [7, 11) is 0. The quantitative estimate of drug-likeness (QED) is 0.795. The lowest BCUT2D eigenvalue weighted by Crippen LogP contribution is -2.40. The van der Waals surface area contributed by atoms with E-state index in [-0.39, 0.29) is 5.91 Å². The molecule has 1 heterocycles. The fourth-order valence-electron chi connectivity index (χ4n) is 1.86. The van der Waals surface area contributed by atoms with Gasteiger partial charge in [-0.3, -0.25) is 10.2 Å². The van der Waals surface area contributed by atoms with Gasteiger partial charge in [0, 0.05) is 18.7 Å². The lowest BCUT2D eigenvalue weighted by atomic mass is 10.1. The number of hydrogen-bond donors (Lipinski definition) is 1. The normalized spacial score (nSPS) is 16.6. The molecule has 1 aliphatic rings. The zero-order valence-corrected chi connectivity index (χ0v) is 8.99. The first-order valence-electron chi connectivity index (χ1n) is 5.39. The topological polar surface area (TPSA) is 32.3 Å². The molecule has 80 valence electrons. The second-order valence-electron chi connectivity index (χ2n) is 3.95. The maximum Gasteiger partial charge on any atom is 0.265 e. The van der Waals surface area contributed by atoms with Gasteiger partial charge in [-0.25, -0.2) is 5.01 Å². The Bertz CT molecular complexity index is 356. The Morgan fingerprint density at radius 3 is 2.60 bits per heavy atom. The van der Waals surface area contributed by atoms with Crippen molar-refractivity contribution in [2.24, 2.45) is 0 Å². The summed E-state index contributed by atoms with van der Waals surface area (Å²) in [5.74, 6) is 0.00926. The molecule has 3 nitrogen and oxygen atoms in total. The third kappa shape index (κ3) is 2.36. The Morgan fingerprint density at radius 2 is 1.93 bits per heavy atom. The van der Waals surface area contributed by atoms with Crippen molar-refractivity contribution in [1.29, 1.82) is 0 Å². The number of rotatable bonds is 2. The first-order chi connectivity index (χ1) is 7.27. The van der Waals surface area contributed by atoms with Gasteiger partial charge in [0.1, 0.15) is 0 Å². The van der Waals surface area contributed by atoms with E-state index in [0.29, 0.717) is 0 Å². The van der Waals surface area contributed by atoms with E-state index in [1.807, 2.05) is 36.2 Å². The molecule has 1 fully saturated rings.